The van der Waals surface area contributed by atoms with Gasteiger partial charge in [0.2, 0.25) is 5.66 Å². The number of ether oxygens (including phenoxy) is 1. The van der Waals surface area contributed by atoms with E-state index >= 15 is 0 Å². The maximum atomic E-state index is 13.5. The Morgan fingerprint density at radius 1 is 1.43 bits per heavy atom. The molecule has 5 aliphatic rings. The highest BCUT2D eigenvalue weighted by atomic mass is 16.5. The number of aliphatic hydroxyl groups is 2. The van der Waals surface area contributed by atoms with Gasteiger partial charge in [-0.15, -0.1) is 0 Å². The smallest absolute Gasteiger partial charge is 0.316 e. The van der Waals surface area contributed by atoms with Gasteiger partial charge in [-0.1, -0.05) is 24.3 Å². The summed E-state index contributed by atoms with van der Waals surface area (Å²) in [7, 11) is 3.59. The van der Waals surface area contributed by atoms with Crippen LogP contribution in [-0.2, 0) is 14.9 Å². The minimum Gasteiger partial charge on any atom is -0.468 e. The Labute approximate surface area is 165 Å². The molecule has 1 saturated carbocycles. The lowest BCUT2D eigenvalue weighted by Crippen LogP contribution is -2.78. The third-order valence-corrected chi connectivity index (χ3v) is 8.64. The largest absolute Gasteiger partial charge is 0.468 e. The lowest BCUT2D eigenvalue weighted by molar-refractivity contribution is -0.944. The highest BCUT2D eigenvalue weighted by molar-refractivity contribution is 5.85. The molecule has 0 amide bonds. The zero-order valence-electron chi connectivity index (χ0n) is 16.7. The highest BCUT2D eigenvalue weighted by Crippen LogP contribution is 2.74. The first-order chi connectivity index (χ1) is 13.4. The number of nitrogens with zero attached hydrogens (tertiary/aromatic N) is 1. The number of carbonyl (C=O) groups excluding carboxylic acids is 1. The summed E-state index contributed by atoms with van der Waals surface area (Å²) in [4.78, 5) is 13.5. The molecule has 4 bridgehead atoms. The first-order valence-corrected chi connectivity index (χ1v) is 10.1. The monoisotopic (exact) mass is 385 g/mol. The van der Waals surface area contributed by atoms with Crippen molar-refractivity contribution in [2.24, 2.45) is 11.3 Å². The van der Waals surface area contributed by atoms with Gasteiger partial charge in [0.25, 0.3) is 0 Å². The van der Waals surface area contributed by atoms with Crippen molar-refractivity contribution in [3.63, 3.8) is 0 Å². The molecule has 150 valence electrons. The Morgan fingerprint density at radius 3 is 2.86 bits per heavy atom. The number of likely N-dealkylation sites (N-methyl/N-ethyl adjacent to an activating group) is 1. The van der Waals surface area contributed by atoms with Crippen LogP contribution in [0, 0.1) is 11.3 Å². The maximum Gasteiger partial charge on any atom is 0.316 e. The molecule has 6 atom stereocenters. The molecule has 4 aliphatic heterocycles. The lowest BCUT2D eigenvalue weighted by Gasteiger charge is -2.58. The summed E-state index contributed by atoms with van der Waals surface area (Å²) >= 11 is 0. The summed E-state index contributed by atoms with van der Waals surface area (Å²) < 4.78 is 5.98. The number of quaternary nitrogens is 1. The SMILES string of the molecule is C/C=C1/C[N@@+]2(C)CC[C@@]34c5ccccc5N[C@]32[C@@H](O)C[C@@H]1C4(CO)C(=O)OC. The molecule has 6 rings (SSSR count). The normalized spacial score (nSPS) is 46.7. The number of esters is 1. The number of aliphatic hydroxyl groups excluding tert-OH is 2. The average Bonchev–Trinajstić information content (AvgIpc) is 3.12. The standard InChI is InChI=1S/C22H29N2O4/c1-4-14-12-24(2)10-9-21-15-7-5-6-8-17(15)23-22(21,24)18(26)11-16(14)20(21,13-25)19(27)28-3/h4-8,16,18,23,25-26H,9-13H2,1-3H3/q+1/b14-4-/t16-,18-,20?,21-,22-,24+/m0/s1. The molecule has 1 aromatic carbocycles. The van der Waals surface area contributed by atoms with Gasteiger partial charge in [-0.3, -0.25) is 9.28 Å². The molecule has 3 N–H and O–H groups in total. The molecule has 1 aromatic rings. The van der Waals surface area contributed by atoms with Crippen molar-refractivity contribution in [3.8, 4) is 0 Å². The van der Waals surface area contributed by atoms with Crippen LogP contribution in [0.25, 0.3) is 0 Å². The fourth-order valence-corrected chi connectivity index (χ4v) is 7.70. The fourth-order valence-electron chi connectivity index (χ4n) is 7.70. The van der Waals surface area contributed by atoms with E-state index < -0.39 is 22.6 Å². The van der Waals surface area contributed by atoms with Crippen LogP contribution >= 0.6 is 0 Å². The quantitative estimate of drug-likeness (QED) is 0.407. The van der Waals surface area contributed by atoms with Gasteiger partial charge in [0, 0.05) is 18.0 Å². The number of carbonyl (C=O) groups is 1. The topological polar surface area (TPSA) is 78.8 Å². The van der Waals surface area contributed by atoms with Crippen molar-refractivity contribution in [3.05, 3.63) is 41.5 Å². The second kappa shape index (κ2) is 5.38. The molecule has 3 saturated heterocycles. The molecule has 0 radical (unpaired) electrons. The van der Waals surface area contributed by atoms with Crippen molar-refractivity contribution in [1.82, 2.24) is 0 Å². The Bertz CT molecular complexity index is 900. The third-order valence-electron chi connectivity index (χ3n) is 8.64. The number of methoxy groups -OCH3 is 1. The number of fused-ring (bicyclic) bond motifs is 3. The zero-order chi connectivity index (χ0) is 19.9. The number of rotatable bonds is 2. The second-order valence-corrected chi connectivity index (χ2v) is 9.16. The first kappa shape index (κ1) is 18.2. The number of allylic oxidation sites excluding steroid dienone is 1. The summed E-state index contributed by atoms with van der Waals surface area (Å²) in [6, 6.07) is 8.04. The summed E-state index contributed by atoms with van der Waals surface area (Å²) in [5.74, 6) is -0.629. The van der Waals surface area contributed by atoms with Gasteiger partial charge >= 0.3 is 5.97 Å². The number of benzene rings is 1. The van der Waals surface area contributed by atoms with Crippen molar-refractivity contribution in [2.45, 2.75) is 36.9 Å². The fraction of sp³-hybridized carbons (Fsp3) is 0.591. The van der Waals surface area contributed by atoms with E-state index in [-0.39, 0.29) is 18.5 Å². The van der Waals surface area contributed by atoms with Crippen LogP contribution in [0.5, 0.6) is 0 Å². The van der Waals surface area contributed by atoms with Gasteiger partial charge in [0.05, 0.1) is 32.7 Å². The summed E-state index contributed by atoms with van der Waals surface area (Å²) in [6.07, 6.45) is 2.59. The Balaban J connectivity index is 1.96. The van der Waals surface area contributed by atoms with E-state index in [0.29, 0.717) is 17.3 Å². The van der Waals surface area contributed by atoms with E-state index in [0.717, 1.165) is 29.9 Å². The van der Waals surface area contributed by atoms with Crippen LogP contribution < -0.4 is 5.32 Å². The summed E-state index contributed by atoms with van der Waals surface area (Å²) in [5, 5.41) is 26.2. The first-order valence-electron chi connectivity index (χ1n) is 10.1. The molecule has 6 heteroatoms. The van der Waals surface area contributed by atoms with E-state index in [1.165, 1.54) is 7.11 Å². The molecular formula is C22H29N2O4+. The predicted molar refractivity (Wildman–Crippen MR) is 104 cm³/mol. The van der Waals surface area contributed by atoms with Gasteiger partial charge in [-0.2, -0.15) is 0 Å². The number of anilines is 1. The zero-order valence-corrected chi connectivity index (χ0v) is 16.7. The van der Waals surface area contributed by atoms with Crippen LogP contribution in [0.2, 0.25) is 0 Å². The van der Waals surface area contributed by atoms with Crippen molar-refractivity contribution >= 4 is 11.7 Å². The van der Waals surface area contributed by atoms with Crippen LogP contribution in [0.4, 0.5) is 5.69 Å². The maximum absolute atomic E-state index is 13.5. The van der Waals surface area contributed by atoms with Gasteiger partial charge in [-0.05, 0) is 30.5 Å². The van der Waals surface area contributed by atoms with Crippen molar-refractivity contribution in [2.75, 3.05) is 39.2 Å². The molecule has 4 fully saturated rings. The van der Waals surface area contributed by atoms with E-state index in [4.69, 9.17) is 4.74 Å². The molecule has 1 spiro atoms. The van der Waals surface area contributed by atoms with Crippen LogP contribution in [-0.4, -0.2) is 66.3 Å². The number of para-hydroxylation sites is 1. The van der Waals surface area contributed by atoms with Gasteiger partial charge in [0.1, 0.15) is 18.1 Å². The summed E-state index contributed by atoms with van der Waals surface area (Å²) in [6.45, 7) is 3.26. The Kier molecular flexibility index (Phi) is 3.49. The number of hydrogen-bond acceptors (Lipinski definition) is 5. The molecular weight excluding hydrogens is 356 g/mol. The molecule has 6 nitrogen and oxygen atoms in total. The van der Waals surface area contributed by atoms with Crippen LogP contribution in [0.3, 0.4) is 0 Å². The Morgan fingerprint density at radius 2 is 2.18 bits per heavy atom. The molecule has 28 heavy (non-hydrogen) atoms. The highest BCUT2D eigenvalue weighted by Gasteiger charge is 2.88. The van der Waals surface area contributed by atoms with E-state index in [1.807, 2.05) is 25.1 Å². The van der Waals surface area contributed by atoms with Gasteiger partial charge in [0.15, 0.2) is 0 Å². The van der Waals surface area contributed by atoms with E-state index in [1.54, 1.807) is 0 Å². The predicted octanol–water partition coefficient (Wildman–Crippen LogP) is 1.39. The second-order valence-electron chi connectivity index (χ2n) is 9.16. The van der Waals surface area contributed by atoms with Crippen LogP contribution in [0.15, 0.2) is 35.9 Å². The molecule has 1 unspecified atom stereocenters. The number of hydrogen-bond donors (Lipinski definition) is 3. The van der Waals surface area contributed by atoms with Crippen molar-refractivity contribution < 1.29 is 24.2 Å². The van der Waals surface area contributed by atoms with E-state index in [2.05, 4.69) is 24.5 Å². The minimum absolute atomic E-state index is 0.258. The summed E-state index contributed by atoms with van der Waals surface area (Å²) in [5.41, 5.74) is 0.476. The van der Waals surface area contributed by atoms with E-state index in [9.17, 15) is 15.0 Å². The third kappa shape index (κ3) is 1.52. The Hall–Kier alpha value is -1.89. The van der Waals surface area contributed by atoms with Gasteiger partial charge < -0.3 is 20.3 Å². The molecule has 0 aromatic heterocycles. The molecule has 4 heterocycles. The van der Waals surface area contributed by atoms with Gasteiger partial charge in [-0.25, -0.2) is 0 Å². The van der Waals surface area contributed by atoms with Crippen LogP contribution in [0.1, 0.15) is 25.3 Å². The minimum atomic E-state index is -1.13. The lowest BCUT2D eigenvalue weighted by atomic mass is 9.45. The molecule has 1 aliphatic carbocycles. The average molecular weight is 385 g/mol. The number of nitrogens with one attached hydrogen (secondary N) is 1. The van der Waals surface area contributed by atoms with Crippen molar-refractivity contribution in [1.29, 1.82) is 0 Å².